The van der Waals surface area contributed by atoms with Gasteiger partial charge in [-0.3, -0.25) is 9.59 Å². The molecule has 1 saturated heterocycles. The van der Waals surface area contributed by atoms with Crippen LogP contribution in [0, 0.1) is 0 Å². The molecule has 2 heterocycles. The Kier molecular flexibility index (Phi) is 6.84. The highest BCUT2D eigenvalue weighted by molar-refractivity contribution is 5.98. The minimum atomic E-state index is -3.01. The SMILES string of the molecule is O=C(c1ccc(N2CCc3ccccc3C2)cc1)N1CCN(C(=O)c2ccccc2OC(F)F)CC1. The first-order chi connectivity index (χ1) is 17.5. The van der Waals surface area contributed by atoms with Crippen LogP contribution < -0.4 is 9.64 Å². The number of hydrogen-bond donors (Lipinski definition) is 0. The van der Waals surface area contributed by atoms with Crippen LogP contribution in [0.15, 0.2) is 72.8 Å². The number of nitrogens with zero attached hydrogens (tertiary/aromatic N) is 3. The maximum absolute atomic E-state index is 13.1. The van der Waals surface area contributed by atoms with Gasteiger partial charge < -0.3 is 19.4 Å². The average molecular weight is 492 g/mol. The van der Waals surface area contributed by atoms with Crippen LogP contribution in [-0.4, -0.2) is 60.9 Å². The number of hydrogen-bond acceptors (Lipinski definition) is 4. The van der Waals surface area contributed by atoms with Crippen molar-refractivity contribution in [2.75, 3.05) is 37.6 Å². The Morgan fingerprint density at radius 2 is 1.33 bits per heavy atom. The van der Waals surface area contributed by atoms with E-state index in [9.17, 15) is 18.4 Å². The molecule has 5 rings (SSSR count). The smallest absolute Gasteiger partial charge is 0.387 e. The Bertz CT molecular complexity index is 1240. The van der Waals surface area contributed by atoms with E-state index in [0.29, 0.717) is 31.7 Å². The molecule has 0 N–H and O–H groups in total. The Hall–Kier alpha value is -3.94. The van der Waals surface area contributed by atoms with E-state index in [1.165, 1.54) is 23.3 Å². The lowest BCUT2D eigenvalue weighted by atomic mass is 9.99. The molecular formula is C28H27F2N3O3. The predicted molar refractivity (Wildman–Crippen MR) is 133 cm³/mol. The highest BCUT2D eigenvalue weighted by Gasteiger charge is 2.27. The van der Waals surface area contributed by atoms with Gasteiger partial charge in [-0.25, -0.2) is 0 Å². The van der Waals surface area contributed by atoms with E-state index in [1.807, 2.05) is 24.3 Å². The van der Waals surface area contributed by atoms with Gasteiger partial charge in [0.1, 0.15) is 5.75 Å². The minimum Gasteiger partial charge on any atom is -0.434 e. The number of carbonyl (C=O) groups excluding carboxylic acids is 2. The summed E-state index contributed by atoms with van der Waals surface area (Å²) >= 11 is 0. The molecule has 2 amide bonds. The van der Waals surface area contributed by atoms with Crippen LogP contribution >= 0.6 is 0 Å². The summed E-state index contributed by atoms with van der Waals surface area (Å²) in [6.07, 6.45) is 0.999. The fraction of sp³-hybridized carbons (Fsp3) is 0.286. The van der Waals surface area contributed by atoms with Crippen molar-refractivity contribution in [3.8, 4) is 5.75 Å². The van der Waals surface area contributed by atoms with Gasteiger partial charge in [0.25, 0.3) is 11.8 Å². The lowest BCUT2D eigenvalue weighted by Crippen LogP contribution is -2.50. The molecule has 0 radical (unpaired) electrons. The van der Waals surface area contributed by atoms with Crippen molar-refractivity contribution in [3.63, 3.8) is 0 Å². The monoisotopic (exact) mass is 491 g/mol. The van der Waals surface area contributed by atoms with Gasteiger partial charge >= 0.3 is 6.61 Å². The van der Waals surface area contributed by atoms with Gasteiger partial charge in [-0.05, 0) is 53.9 Å². The van der Waals surface area contributed by atoms with E-state index >= 15 is 0 Å². The first-order valence-corrected chi connectivity index (χ1v) is 12.0. The van der Waals surface area contributed by atoms with E-state index in [4.69, 9.17) is 0 Å². The fourth-order valence-corrected chi connectivity index (χ4v) is 4.84. The van der Waals surface area contributed by atoms with Crippen molar-refractivity contribution in [2.45, 2.75) is 19.6 Å². The number of ether oxygens (including phenoxy) is 1. The fourth-order valence-electron chi connectivity index (χ4n) is 4.84. The normalized spacial score (nSPS) is 15.6. The van der Waals surface area contributed by atoms with Crippen LogP contribution in [0.4, 0.5) is 14.5 Å². The standard InChI is InChI=1S/C28H27F2N3O3/c29-28(30)36-25-8-4-3-7-24(25)27(35)32-17-15-31(16-18-32)26(34)21-9-11-23(12-10-21)33-14-13-20-5-1-2-6-22(20)19-33/h1-12,28H,13-19H2. The molecule has 186 valence electrons. The zero-order valence-electron chi connectivity index (χ0n) is 19.8. The van der Waals surface area contributed by atoms with Crippen molar-refractivity contribution in [1.29, 1.82) is 0 Å². The quantitative estimate of drug-likeness (QED) is 0.529. The second-order valence-electron chi connectivity index (χ2n) is 8.95. The molecule has 0 saturated carbocycles. The largest absolute Gasteiger partial charge is 0.434 e. The molecule has 8 heteroatoms. The van der Waals surface area contributed by atoms with Crippen LogP contribution in [0.2, 0.25) is 0 Å². The second kappa shape index (κ2) is 10.4. The number of fused-ring (bicyclic) bond motifs is 1. The topological polar surface area (TPSA) is 53.1 Å². The third kappa shape index (κ3) is 5.03. The van der Waals surface area contributed by atoms with E-state index in [-0.39, 0.29) is 23.1 Å². The summed E-state index contributed by atoms with van der Waals surface area (Å²) in [5.41, 5.74) is 4.50. The molecule has 3 aromatic rings. The zero-order valence-corrected chi connectivity index (χ0v) is 19.8. The molecule has 6 nitrogen and oxygen atoms in total. The lowest BCUT2D eigenvalue weighted by molar-refractivity contribution is -0.0503. The Labute approximate surface area is 208 Å². The highest BCUT2D eigenvalue weighted by Crippen LogP contribution is 2.26. The number of halogens is 2. The van der Waals surface area contributed by atoms with E-state index in [1.54, 1.807) is 21.9 Å². The van der Waals surface area contributed by atoms with Gasteiger partial charge in [-0.15, -0.1) is 0 Å². The molecule has 3 aromatic carbocycles. The van der Waals surface area contributed by atoms with Crippen molar-refractivity contribution >= 4 is 17.5 Å². The molecule has 0 spiro atoms. The Balaban J connectivity index is 1.19. The van der Waals surface area contributed by atoms with Crippen molar-refractivity contribution in [3.05, 3.63) is 95.1 Å². The van der Waals surface area contributed by atoms with Crippen LogP contribution in [-0.2, 0) is 13.0 Å². The summed E-state index contributed by atoms with van der Waals surface area (Å²) in [4.78, 5) is 31.6. The third-order valence-corrected chi connectivity index (χ3v) is 6.80. The number of alkyl halides is 2. The number of piperazine rings is 1. The molecule has 0 bridgehead atoms. The van der Waals surface area contributed by atoms with Crippen LogP contribution in [0.25, 0.3) is 0 Å². The van der Waals surface area contributed by atoms with Crippen molar-refractivity contribution in [2.24, 2.45) is 0 Å². The molecule has 0 aromatic heterocycles. The van der Waals surface area contributed by atoms with Crippen molar-refractivity contribution in [1.82, 2.24) is 9.80 Å². The number of rotatable bonds is 5. The Morgan fingerprint density at radius 3 is 2.03 bits per heavy atom. The van der Waals surface area contributed by atoms with Gasteiger partial charge in [0, 0.05) is 50.5 Å². The number of anilines is 1. The van der Waals surface area contributed by atoms with E-state index in [0.717, 1.165) is 25.2 Å². The van der Waals surface area contributed by atoms with Gasteiger partial charge in [0.2, 0.25) is 0 Å². The Morgan fingerprint density at radius 1 is 0.722 bits per heavy atom. The number of carbonyl (C=O) groups is 2. The summed E-state index contributed by atoms with van der Waals surface area (Å²) in [5.74, 6) is -0.613. The van der Waals surface area contributed by atoms with Gasteiger partial charge in [-0.2, -0.15) is 8.78 Å². The predicted octanol–water partition coefficient (Wildman–Crippen LogP) is 4.45. The number of amides is 2. The lowest BCUT2D eigenvalue weighted by Gasteiger charge is -2.35. The molecule has 0 aliphatic carbocycles. The van der Waals surface area contributed by atoms with Gasteiger partial charge in [-0.1, -0.05) is 36.4 Å². The minimum absolute atomic E-state index is 0.0842. The molecule has 0 unspecified atom stereocenters. The summed E-state index contributed by atoms with van der Waals surface area (Å²) in [6, 6.07) is 22.1. The molecular weight excluding hydrogens is 464 g/mol. The summed E-state index contributed by atoms with van der Waals surface area (Å²) in [6.45, 7) is 0.153. The van der Waals surface area contributed by atoms with Crippen molar-refractivity contribution < 1.29 is 23.1 Å². The van der Waals surface area contributed by atoms with Crippen LogP contribution in [0.3, 0.4) is 0 Å². The summed E-state index contributed by atoms with van der Waals surface area (Å²) in [7, 11) is 0. The molecule has 2 aliphatic rings. The number of para-hydroxylation sites is 1. The first kappa shape index (κ1) is 23.8. The third-order valence-electron chi connectivity index (χ3n) is 6.80. The van der Waals surface area contributed by atoms with Gasteiger partial charge in [0.15, 0.2) is 0 Å². The maximum Gasteiger partial charge on any atom is 0.387 e. The first-order valence-electron chi connectivity index (χ1n) is 12.0. The maximum atomic E-state index is 13.1. The summed E-state index contributed by atoms with van der Waals surface area (Å²) < 4.78 is 29.9. The summed E-state index contributed by atoms with van der Waals surface area (Å²) in [5, 5.41) is 0. The van der Waals surface area contributed by atoms with E-state index < -0.39 is 6.61 Å². The van der Waals surface area contributed by atoms with Crippen LogP contribution in [0.1, 0.15) is 31.8 Å². The molecule has 2 aliphatic heterocycles. The number of benzene rings is 3. The molecule has 1 fully saturated rings. The van der Waals surface area contributed by atoms with Gasteiger partial charge in [0.05, 0.1) is 5.56 Å². The zero-order chi connectivity index (χ0) is 25.1. The van der Waals surface area contributed by atoms with E-state index in [2.05, 4.69) is 33.9 Å². The van der Waals surface area contributed by atoms with Crippen LogP contribution in [0.5, 0.6) is 5.75 Å². The second-order valence-corrected chi connectivity index (χ2v) is 8.95. The average Bonchev–Trinajstić information content (AvgIpc) is 2.92. The molecule has 0 atom stereocenters. The molecule has 36 heavy (non-hydrogen) atoms. The highest BCUT2D eigenvalue weighted by atomic mass is 19.3.